The molecule has 0 saturated heterocycles. The highest BCUT2D eigenvalue weighted by atomic mass is 32.1. The third-order valence-corrected chi connectivity index (χ3v) is 2.47. The number of amides is 1. The summed E-state index contributed by atoms with van der Waals surface area (Å²) in [6, 6.07) is 4.86. The van der Waals surface area contributed by atoms with Crippen molar-refractivity contribution in [3.8, 4) is 11.5 Å². The number of carbonyl (C=O) groups is 1. The van der Waals surface area contributed by atoms with Crippen LogP contribution < -0.4 is 25.6 Å². The molecule has 0 aromatic heterocycles. The highest BCUT2D eigenvalue weighted by Gasteiger charge is 2.10. The summed E-state index contributed by atoms with van der Waals surface area (Å²) in [7, 11) is 4.69. The second kappa shape index (κ2) is 6.65. The van der Waals surface area contributed by atoms with Gasteiger partial charge in [0.15, 0.2) is 16.6 Å². The van der Waals surface area contributed by atoms with Crippen LogP contribution >= 0.6 is 12.2 Å². The number of rotatable bonds is 3. The van der Waals surface area contributed by atoms with Crippen LogP contribution in [0.5, 0.6) is 11.5 Å². The number of ether oxygens (including phenoxy) is 2. The van der Waals surface area contributed by atoms with Crippen molar-refractivity contribution in [3.05, 3.63) is 23.8 Å². The molecule has 0 saturated carbocycles. The zero-order valence-electron chi connectivity index (χ0n) is 10.4. The maximum Gasteiger partial charge on any atom is 0.269 e. The van der Waals surface area contributed by atoms with Crippen LogP contribution in [0.15, 0.2) is 18.2 Å². The molecule has 3 N–H and O–H groups in total. The second-order valence-electron chi connectivity index (χ2n) is 3.23. The average Bonchev–Trinajstić information content (AvgIpc) is 2.43. The largest absolute Gasteiger partial charge is 0.493 e. The van der Waals surface area contributed by atoms with E-state index in [-0.39, 0.29) is 5.91 Å². The number of hydrogen-bond donors (Lipinski definition) is 3. The molecule has 0 aliphatic heterocycles. The first kappa shape index (κ1) is 14.0. The summed E-state index contributed by atoms with van der Waals surface area (Å²) in [5.41, 5.74) is 5.42. The summed E-state index contributed by atoms with van der Waals surface area (Å²) >= 11 is 4.83. The lowest BCUT2D eigenvalue weighted by molar-refractivity contribution is 0.0943. The Morgan fingerprint density at radius 3 is 2.39 bits per heavy atom. The van der Waals surface area contributed by atoms with E-state index in [4.69, 9.17) is 21.7 Å². The van der Waals surface area contributed by atoms with Crippen LogP contribution in [-0.2, 0) is 0 Å². The van der Waals surface area contributed by atoms with Gasteiger partial charge in [0.25, 0.3) is 5.91 Å². The number of hydrazine groups is 1. The lowest BCUT2D eigenvalue weighted by Crippen LogP contribution is -2.45. The van der Waals surface area contributed by atoms with Gasteiger partial charge in [-0.05, 0) is 30.4 Å². The molecule has 0 spiro atoms. The predicted octanol–water partition coefficient (Wildman–Crippen LogP) is 0.442. The van der Waals surface area contributed by atoms with Gasteiger partial charge in [0.05, 0.1) is 14.2 Å². The van der Waals surface area contributed by atoms with Crippen LogP contribution in [0.25, 0.3) is 0 Å². The first-order valence-electron chi connectivity index (χ1n) is 5.12. The molecule has 0 heterocycles. The van der Waals surface area contributed by atoms with Gasteiger partial charge in [0.1, 0.15) is 0 Å². The predicted molar refractivity (Wildman–Crippen MR) is 71.8 cm³/mol. The van der Waals surface area contributed by atoms with Crippen LogP contribution in [0.2, 0.25) is 0 Å². The average molecular weight is 269 g/mol. The van der Waals surface area contributed by atoms with E-state index in [1.165, 1.54) is 14.2 Å². The van der Waals surface area contributed by atoms with Crippen molar-refractivity contribution in [3.63, 3.8) is 0 Å². The van der Waals surface area contributed by atoms with Crippen molar-refractivity contribution in [1.29, 1.82) is 0 Å². The fraction of sp³-hybridized carbons (Fsp3) is 0.273. The third kappa shape index (κ3) is 3.49. The summed E-state index contributed by atoms with van der Waals surface area (Å²) in [5, 5.41) is 3.00. The molecule has 1 aromatic carbocycles. The van der Waals surface area contributed by atoms with Gasteiger partial charge in [-0.2, -0.15) is 0 Å². The van der Waals surface area contributed by atoms with Crippen LogP contribution in [0.4, 0.5) is 0 Å². The van der Waals surface area contributed by atoms with E-state index in [0.29, 0.717) is 22.2 Å². The van der Waals surface area contributed by atoms with E-state index in [0.717, 1.165) is 0 Å². The van der Waals surface area contributed by atoms with Gasteiger partial charge in [-0.3, -0.25) is 15.6 Å². The molecule has 1 aromatic rings. The Balaban J connectivity index is 2.77. The van der Waals surface area contributed by atoms with Crippen molar-refractivity contribution in [1.82, 2.24) is 16.2 Å². The van der Waals surface area contributed by atoms with Crippen molar-refractivity contribution in [2.45, 2.75) is 0 Å². The first-order valence-corrected chi connectivity index (χ1v) is 5.53. The maximum atomic E-state index is 11.8. The Morgan fingerprint density at radius 2 is 1.83 bits per heavy atom. The van der Waals surface area contributed by atoms with Gasteiger partial charge in [0.2, 0.25) is 0 Å². The van der Waals surface area contributed by atoms with Crippen molar-refractivity contribution in [2.75, 3.05) is 21.3 Å². The number of methoxy groups -OCH3 is 2. The Kier molecular flexibility index (Phi) is 5.19. The van der Waals surface area contributed by atoms with Crippen molar-refractivity contribution < 1.29 is 14.3 Å². The molecular weight excluding hydrogens is 254 g/mol. The van der Waals surface area contributed by atoms with Gasteiger partial charge in [0, 0.05) is 12.6 Å². The zero-order valence-corrected chi connectivity index (χ0v) is 11.2. The van der Waals surface area contributed by atoms with E-state index in [9.17, 15) is 4.79 Å². The van der Waals surface area contributed by atoms with Gasteiger partial charge in [-0.1, -0.05) is 0 Å². The highest BCUT2D eigenvalue weighted by molar-refractivity contribution is 7.80. The molecule has 1 rings (SSSR count). The van der Waals surface area contributed by atoms with Gasteiger partial charge in [-0.15, -0.1) is 0 Å². The van der Waals surface area contributed by atoms with Crippen LogP contribution in [-0.4, -0.2) is 32.3 Å². The molecule has 98 valence electrons. The van der Waals surface area contributed by atoms with Crippen LogP contribution in [0.3, 0.4) is 0 Å². The minimum absolute atomic E-state index is 0.323. The van der Waals surface area contributed by atoms with E-state index in [1.54, 1.807) is 25.2 Å². The highest BCUT2D eigenvalue weighted by Crippen LogP contribution is 2.27. The Hall–Kier alpha value is -2.02. The third-order valence-electron chi connectivity index (χ3n) is 2.16. The van der Waals surface area contributed by atoms with Crippen molar-refractivity contribution >= 4 is 23.2 Å². The van der Waals surface area contributed by atoms with Gasteiger partial charge in [-0.25, -0.2) is 0 Å². The minimum Gasteiger partial charge on any atom is -0.493 e. The lowest BCUT2D eigenvalue weighted by atomic mass is 10.2. The molecule has 18 heavy (non-hydrogen) atoms. The number of carbonyl (C=O) groups excluding carboxylic acids is 1. The molecule has 0 radical (unpaired) electrons. The molecule has 6 nitrogen and oxygen atoms in total. The molecule has 0 bridgehead atoms. The Bertz CT molecular complexity index is 451. The standard InChI is InChI=1S/C11H15N3O3S/c1-12-11(18)14-13-10(15)7-4-5-8(16-2)9(6-7)17-3/h4-6H,1-3H3,(H,13,15)(H2,12,14,18). The number of thiocarbonyl (C=S) groups is 1. The normalized spacial score (nSPS) is 9.28. The van der Waals surface area contributed by atoms with E-state index in [2.05, 4.69) is 16.2 Å². The van der Waals surface area contributed by atoms with Crippen LogP contribution in [0.1, 0.15) is 10.4 Å². The molecule has 0 atom stereocenters. The zero-order chi connectivity index (χ0) is 13.5. The molecular formula is C11H15N3O3S. The molecule has 0 fully saturated rings. The fourth-order valence-corrected chi connectivity index (χ4v) is 1.28. The molecule has 1 amide bonds. The minimum atomic E-state index is -0.325. The summed E-state index contributed by atoms with van der Waals surface area (Å²) in [4.78, 5) is 11.8. The van der Waals surface area contributed by atoms with E-state index in [1.807, 2.05) is 0 Å². The fourth-order valence-electron chi connectivity index (χ4n) is 1.23. The van der Waals surface area contributed by atoms with E-state index >= 15 is 0 Å². The quantitative estimate of drug-likeness (QED) is 0.546. The van der Waals surface area contributed by atoms with Crippen LogP contribution in [0, 0.1) is 0 Å². The number of nitrogens with one attached hydrogen (secondary N) is 3. The Morgan fingerprint density at radius 1 is 1.17 bits per heavy atom. The van der Waals surface area contributed by atoms with Gasteiger partial charge < -0.3 is 14.8 Å². The molecule has 0 aliphatic rings. The summed E-state index contributed by atoms with van der Waals surface area (Å²) < 4.78 is 10.2. The lowest BCUT2D eigenvalue weighted by Gasteiger charge is -2.11. The topological polar surface area (TPSA) is 71.6 Å². The number of benzene rings is 1. The molecule has 0 aliphatic carbocycles. The Labute approximate surface area is 111 Å². The molecule has 0 unspecified atom stereocenters. The molecule has 7 heteroatoms. The second-order valence-corrected chi connectivity index (χ2v) is 3.64. The summed E-state index contributed by atoms with van der Waals surface area (Å²) in [6.07, 6.45) is 0. The monoisotopic (exact) mass is 269 g/mol. The maximum absolute atomic E-state index is 11.8. The van der Waals surface area contributed by atoms with E-state index < -0.39 is 0 Å². The summed E-state index contributed by atoms with van der Waals surface area (Å²) in [6.45, 7) is 0. The van der Waals surface area contributed by atoms with Crippen molar-refractivity contribution in [2.24, 2.45) is 0 Å². The van der Waals surface area contributed by atoms with Gasteiger partial charge >= 0.3 is 0 Å². The first-order chi connectivity index (χ1) is 8.62. The summed E-state index contributed by atoms with van der Waals surface area (Å²) in [5.74, 6) is 0.725. The smallest absolute Gasteiger partial charge is 0.269 e. The SMILES string of the molecule is CNC(=S)NNC(=O)c1ccc(OC)c(OC)c1. The number of hydrogen-bond acceptors (Lipinski definition) is 4.